The van der Waals surface area contributed by atoms with Gasteiger partial charge in [0.05, 0.1) is 0 Å². The zero-order chi connectivity index (χ0) is 35.8. The van der Waals surface area contributed by atoms with Crippen molar-refractivity contribution in [3.63, 3.8) is 0 Å². The molecule has 0 amide bonds. The molecule has 0 radical (unpaired) electrons. The van der Waals surface area contributed by atoms with Crippen LogP contribution in [0.5, 0.6) is 0 Å². The van der Waals surface area contributed by atoms with Crippen molar-refractivity contribution in [1.82, 2.24) is 0 Å². The number of benzene rings is 8. The number of anilines is 6. The third-order valence-corrected chi connectivity index (χ3v) is 9.54. The molecule has 2 nitrogen and oxygen atoms in total. The zero-order valence-electron chi connectivity index (χ0n) is 29.8. The molecule has 0 unspecified atom stereocenters. The lowest BCUT2D eigenvalue weighted by atomic mass is 10.0. The van der Waals surface area contributed by atoms with Crippen molar-refractivity contribution in [2.75, 3.05) is 9.80 Å². The molecular weight excluding hydrogens is 641 g/mol. The van der Waals surface area contributed by atoms with Gasteiger partial charge in [-0.25, -0.2) is 0 Å². The molecule has 0 saturated heterocycles. The highest BCUT2D eigenvalue weighted by Gasteiger charge is 2.13. The van der Waals surface area contributed by atoms with Crippen LogP contribution in [0.25, 0.3) is 34.4 Å². The Labute approximate surface area is 313 Å². The van der Waals surface area contributed by atoms with Gasteiger partial charge in [-0.2, -0.15) is 0 Å². The molecule has 0 bridgehead atoms. The Morgan fingerprint density at radius 1 is 0.264 bits per heavy atom. The fourth-order valence-electron chi connectivity index (χ4n) is 6.69. The van der Waals surface area contributed by atoms with Crippen molar-refractivity contribution >= 4 is 46.3 Å². The van der Waals surface area contributed by atoms with Gasteiger partial charge in [-0.05, 0) is 113 Å². The molecule has 53 heavy (non-hydrogen) atoms. The van der Waals surface area contributed by atoms with Gasteiger partial charge in [-0.3, -0.25) is 0 Å². The number of rotatable bonds is 10. The van der Waals surface area contributed by atoms with Crippen molar-refractivity contribution in [3.05, 3.63) is 229 Å². The van der Waals surface area contributed by atoms with Gasteiger partial charge in [0.25, 0.3) is 0 Å². The Kier molecular flexibility index (Phi) is 9.76. The van der Waals surface area contributed by atoms with E-state index in [9.17, 15) is 0 Å². The van der Waals surface area contributed by atoms with Crippen molar-refractivity contribution < 1.29 is 0 Å². The topological polar surface area (TPSA) is 6.48 Å². The molecular formula is C51H40N2. The molecule has 2 heteroatoms. The normalized spacial score (nSPS) is 11.0. The molecule has 0 aromatic heterocycles. The second-order valence-corrected chi connectivity index (χ2v) is 13.2. The lowest BCUT2D eigenvalue weighted by Gasteiger charge is -2.25. The molecule has 8 aromatic carbocycles. The Hall–Kier alpha value is -6.90. The molecule has 0 saturated carbocycles. The summed E-state index contributed by atoms with van der Waals surface area (Å²) in [7, 11) is 0. The summed E-state index contributed by atoms with van der Waals surface area (Å²) in [4.78, 5) is 4.58. The number of nitrogens with zero attached hydrogens (tertiary/aromatic N) is 2. The van der Waals surface area contributed by atoms with Crippen LogP contribution in [0.15, 0.2) is 212 Å². The van der Waals surface area contributed by atoms with Crippen LogP contribution in [0.3, 0.4) is 0 Å². The predicted octanol–water partition coefficient (Wildman–Crippen LogP) is 14.4. The van der Waals surface area contributed by atoms with E-state index in [4.69, 9.17) is 0 Å². The second kappa shape index (κ2) is 15.6. The molecule has 8 aromatic rings. The fourth-order valence-corrected chi connectivity index (χ4v) is 6.69. The van der Waals surface area contributed by atoms with Crippen LogP contribution < -0.4 is 9.80 Å². The number of hydrogen-bond acceptors (Lipinski definition) is 2. The lowest BCUT2D eigenvalue weighted by molar-refractivity contribution is 1.27. The second-order valence-electron chi connectivity index (χ2n) is 13.2. The van der Waals surface area contributed by atoms with E-state index in [0.29, 0.717) is 0 Å². The van der Waals surface area contributed by atoms with Crippen LogP contribution in [-0.2, 0) is 0 Å². The standard InChI is InChI=1S/C51H40N2/c1-39-17-33-49(34-18-39)53(48-15-9-4-10-16-48)51-37-31-45(32-38-51)43-27-23-41(24-28-43)20-19-40-21-25-42(26-22-40)44-29-35-50(36-30-44)52(46-11-5-2-6-12-46)47-13-7-3-8-14-47/h2-38H,1H3/b20-19+. The molecule has 0 spiro atoms. The van der Waals surface area contributed by atoms with Crippen LogP contribution in [0, 0.1) is 6.92 Å². The van der Waals surface area contributed by atoms with Crippen molar-refractivity contribution in [2.45, 2.75) is 6.92 Å². The Balaban J connectivity index is 0.939. The van der Waals surface area contributed by atoms with Crippen molar-refractivity contribution in [2.24, 2.45) is 0 Å². The smallest absolute Gasteiger partial charge is 0.0462 e. The van der Waals surface area contributed by atoms with E-state index in [1.165, 1.54) is 38.9 Å². The van der Waals surface area contributed by atoms with Crippen molar-refractivity contribution in [1.29, 1.82) is 0 Å². The first-order valence-electron chi connectivity index (χ1n) is 18.1. The Morgan fingerprint density at radius 3 is 0.811 bits per heavy atom. The SMILES string of the molecule is Cc1ccc(N(c2ccccc2)c2ccc(-c3ccc(/C=C/c4ccc(-c5ccc(N(c6ccccc6)c6ccccc6)cc5)cc4)cc3)cc2)cc1. The van der Waals surface area contributed by atoms with Gasteiger partial charge in [0.2, 0.25) is 0 Å². The van der Waals surface area contributed by atoms with Gasteiger partial charge >= 0.3 is 0 Å². The van der Waals surface area contributed by atoms with Gasteiger partial charge in [-0.15, -0.1) is 0 Å². The minimum absolute atomic E-state index is 1.13. The highest BCUT2D eigenvalue weighted by Crippen LogP contribution is 2.37. The Bertz CT molecular complexity index is 2340. The summed E-state index contributed by atoms with van der Waals surface area (Å²) in [6.45, 7) is 2.12. The highest BCUT2D eigenvalue weighted by molar-refractivity contribution is 5.80. The highest BCUT2D eigenvalue weighted by atomic mass is 15.1. The van der Waals surface area contributed by atoms with E-state index in [0.717, 1.165) is 34.1 Å². The van der Waals surface area contributed by atoms with E-state index in [1.54, 1.807) is 0 Å². The predicted molar refractivity (Wildman–Crippen MR) is 227 cm³/mol. The summed E-state index contributed by atoms with van der Waals surface area (Å²) in [6.07, 6.45) is 4.36. The van der Waals surface area contributed by atoms with Gasteiger partial charge in [0, 0.05) is 34.1 Å². The molecule has 0 fully saturated rings. The van der Waals surface area contributed by atoms with Gasteiger partial charge in [0.15, 0.2) is 0 Å². The van der Waals surface area contributed by atoms with Crippen LogP contribution >= 0.6 is 0 Å². The third-order valence-electron chi connectivity index (χ3n) is 9.54. The molecule has 0 aliphatic heterocycles. The number of hydrogen-bond donors (Lipinski definition) is 0. The van der Waals surface area contributed by atoms with Crippen LogP contribution in [0.2, 0.25) is 0 Å². The minimum atomic E-state index is 1.13. The Morgan fingerprint density at radius 2 is 0.509 bits per heavy atom. The number of aryl methyl sites for hydroxylation is 1. The zero-order valence-corrected chi connectivity index (χ0v) is 29.8. The van der Waals surface area contributed by atoms with Gasteiger partial charge in [-0.1, -0.05) is 157 Å². The maximum absolute atomic E-state index is 2.30. The molecule has 254 valence electrons. The summed E-state index contributed by atoms with van der Waals surface area (Å²) in [5, 5.41) is 0. The van der Waals surface area contributed by atoms with E-state index < -0.39 is 0 Å². The minimum Gasteiger partial charge on any atom is -0.311 e. The van der Waals surface area contributed by atoms with Crippen LogP contribution in [-0.4, -0.2) is 0 Å². The average Bonchev–Trinajstić information content (AvgIpc) is 3.23. The first kappa shape index (κ1) is 33.3. The molecule has 0 aliphatic carbocycles. The molecule has 0 atom stereocenters. The maximum atomic E-state index is 2.30. The summed E-state index contributed by atoms with van der Waals surface area (Å²) in [6, 6.07) is 75.4. The molecule has 0 aliphatic rings. The average molecular weight is 681 g/mol. The van der Waals surface area contributed by atoms with E-state index >= 15 is 0 Å². The van der Waals surface area contributed by atoms with Gasteiger partial charge < -0.3 is 9.80 Å². The molecule has 8 rings (SSSR count). The quantitative estimate of drug-likeness (QED) is 0.133. The molecule has 0 heterocycles. The summed E-state index contributed by atoms with van der Waals surface area (Å²) in [5.41, 5.74) is 15.2. The van der Waals surface area contributed by atoms with Crippen molar-refractivity contribution in [3.8, 4) is 22.3 Å². The van der Waals surface area contributed by atoms with Crippen LogP contribution in [0.4, 0.5) is 34.1 Å². The maximum Gasteiger partial charge on any atom is 0.0462 e. The lowest BCUT2D eigenvalue weighted by Crippen LogP contribution is -2.09. The van der Waals surface area contributed by atoms with Gasteiger partial charge in [0.1, 0.15) is 0 Å². The first-order chi connectivity index (χ1) is 26.2. The van der Waals surface area contributed by atoms with E-state index in [1.807, 2.05) is 0 Å². The van der Waals surface area contributed by atoms with E-state index in [-0.39, 0.29) is 0 Å². The first-order valence-corrected chi connectivity index (χ1v) is 18.1. The summed E-state index contributed by atoms with van der Waals surface area (Å²) >= 11 is 0. The largest absolute Gasteiger partial charge is 0.311 e. The fraction of sp³-hybridized carbons (Fsp3) is 0.0196. The summed E-state index contributed by atoms with van der Waals surface area (Å²) < 4.78 is 0. The van der Waals surface area contributed by atoms with E-state index in [2.05, 4.69) is 241 Å². The number of para-hydroxylation sites is 3. The summed E-state index contributed by atoms with van der Waals surface area (Å²) in [5.74, 6) is 0. The van der Waals surface area contributed by atoms with Crippen LogP contribution in [0.1, 0.15) is 16.7 Å². The third kappa shape index (κ3) is 7.73. The monoisotopic (exact) mass is 680 g/mol. The molecule has 0 N–H and O–H groups in total.